The van der Waals surface area contributed by atoms with Crippen molar-refractivity contribution in [1.29, 1.82) is 0 Å². The second kappa shape index (κ2) is 8.80. The van der Waals surface area contributed by atoms with Gasteiger partial charge < -0.3 is 14.6 Å². The molecule has 136 valence electrons. The molecular weight excluding hydrogens is 336 g/mol. The molecule has 2 aromatic rings. The molecule has 0 aromatic heterocycles. The zero-order valence-electron chi connectivity index (χ0n) is 14.5. The molecule has 0 saturated carbocycles. The van der Waals surface area contributed by atoms with Crippen molar-refractivity contribution in [2.24, 2.45) is 0 Å². The number of esters is 2. The number of unbranched alkanes of at least 4 members (excludes halogenated alkanes) is 1. The lowest BCUT2D eigenvalue weighted by Crippen LogP contribution is -2.13. The molecule has 0 fully saturated rings. The maximum atomic E-state index is 12.4. The average Bonchev–Trinajstić information content (AvgIpc) is 2.62. The first kappa shape index (κ1) is 19.2. The molecule has 6 heteroatoms. The van der Waals surface area contributed by atoms with Crippen molar-refractivity contribution in [3.63, 3.8) is 0 Å². The Bertz CT molecular complexity index is 853. The topological polar surface area (TPSA) is 89.9 Å². The lowest BCUT2D eigenvalue weighted by Gasteiger charge is -2.10. The van der Waals surface area contributed by atoms with Crippen LogP contribution in [-0.2, 0) is 14.3 Å². The molecule has 0 heterocycles. The van der Waals surface area contributed by atoms with Crippen LogP contribution in [0, 0.1) is 0 Å². The minimum Gasteiger partial charge on any atom is -0.478 e. The van der Waals surface area contributed by atoms with Crippen LogP contribution in [0.1, 0.15) is 40.5 Å². The fourth-order valence-corrected chi connectivity index (χ4v) is 2.40. The van der Waals surface area contributed by atoms with E-state index in [1.165, 1.54) is 6.07 Å². The number of ether oxygens (including phenoxy) is 2. The number of carbonyl (C=O) groups excluding carboxylic acids is 2. The van der Waals surface area contributed by atoms with Gasteiger partial charge in [-0.2, -0.15) is 0 Å². The number of rotatable bonds is 8. The summed E-state index contributed by atoms with van der Waals surface area (Å²) in [5, 5.41) is 10.6. The van der Waals surface area contributed by atoms with E-state index in [0.29, 0.717) is 23.8 Å². The van der Waals surface area contributed by atoms with Gasteiger partial charge in [-0.3, -0.25) is 0 Å². The maximum absolute atomic E-state index is 12.4. The van der Waals surface area contributed by atoms with Crippen molar-refractivity contribution in [3.05, 3.63) is 59.7 Å². The van der Waals surface area contributed by atoms with Crippen molar-refractivity contribution in [3.8, 4) is 0 Å². The van der Waals surface area contributed by atoms with Crippen LogP contribution in [0.2, 0.25) is 0 Å². The smallest absolute Gasteiger partial charge is 0.339 e. The number of aromatic carboxylic acids is 1. The molecular formula is C20H20O6. The third-order valence-corrected chi connectivity index (χ3v) is 3.72. The summed E-state index contributed by atoms with van der Waals surface area (Å²) in [6.45, 7) is 5.36. The minimum absolute atomic E-state index is 0.0457. The Hall–Kier alpha value is -3.15. The number of hydrogen-bond acceptors (Lipinski definition) is 5. The van der Waals surface area contributed by atoms with E-state index in [1.807, 2.05) is 6.07 Å². The minimum atomic E-state index is -1.19. The van der Waals surface area contributed by atoms with Gasteiger partial charge in [0.25, 0.3) is 0 Å². The van der Waals surface area contributed by atoms with E-state index in [4.69, 9.17) is 9.47 Å². The van der Waals surface area contributed by atoms with E-state index in [2.05, 4.69) is 6.58 Å². The van der Waals surface area contributed by atoms with Crippen LogP contribution >= 0.6 is 0 Å². The van der Waals surface area contributed by atoms with E-state index in [0.717, 1.165) is 5.39 Å². The summed E-state index contributed by atoms with van der Waals surface area (Å²) < 4.78 is 10.2. The molecule has 0 aliphatic heterocycles. The molecule has 26 heavy (non-hydrogen) atoms. The van der Waals surface area contributed by atoms with Gasteiger partial charge in [0, 0.05) is 5.57 Å². The van der Waals surface area contributed by atoms with Crippen molar-refractivity contribution in [1.82, 2.24) is 0 Å². The highest BCUT2D eigenvalue weighted by atomic mass is 16.5. The van der Waals surface area contributed by atoms with Gasteiger partial charge in [0.15, 0.2) is 0 Å². The van der Waals surface area contributed by atoms with Gasteiger partial charge in [0.2, 0.25) is 0 Å². The molecule has 0 saturated heterocycles. The standard InChI is InChI=1S/C20H20O6/c1-13(2)19(23)25-11-5-6-12-26-20(24)17-15-8-4-3-7-14(15)9-10-16(17)18(21)22/h3-4,7-10H,1,5-6,11-12H2,2H3,(H,21,22). The molecule has 0 atom stereocenters. The van der Waals surface area contributed by atoms with Crippen molar-refractivity contribution in [2.75, 3.05) is 13.2 Å². The first-order valence-corrected chi connectivity index (χ1v) is 8.16. The molecule has 0 spiro atoms. The number of carboxylic acids is 1. The SMILES string of the molecule is C=C(C)C(=O)OCCCCOC(=O)c1c(C(=O)O)ccc2ccccc12. The number of fused-ring (bicyclic) bond motifs is 1. The predicted octanol–water partition coefficient (Wildman–Crippen LogP) is 3.59. The first-order chi connectivity index (χ1) is 12.4. The Morgan fingerprint density at radius 3 is 2.31 bits per heavy atom. The molecule has 0 aliphatic carbocycles. The van der Waals surface area contributed by atoms with Gasteiger partial charge in [-0.1, -0.05) is 36.9 Å². The van der Waals surface area contributed by atoms with E-state index < -0.39 is 17.9 Å². The van der Waals surface area contributed by atoms with Crippen LogP contribution in [0.5, 0.6) is 0 Å². The molecule has 2 aromatic carbocycles. The van der Waals surface area contributed by atoms with Gasteiger partial charge >= 0.3 is 17.9 Å². The highest BCUT2D eigenvalue weighted by molar-refractivity contribution is 6.12. The van der Waals surface area contributed by atoms with Gasteiger partial charge in [-0.05, 0) is 36.6 Å². The maximum Gasteiger partial charge on any atom is 0.339 e. The summed E-state index contributed by atoms with van der Waals surface area (Å²) in [5.74, 6) is -2.32. The largest absolute Gasteiger partial charge is 0.478 e. The quantitative estimate of drug-likeness (QED) is 0.442. The monoisotopic (exact) mass is 356 g/mol. The van der Waals surface area contributed by atoms with Gasteiger partial charge in [0.1, 0.15) is 0 Å². The summed E-state index contributed by atoms with van der Waals surface area (Å²) in [7, 11) is 0. The molecule has 6 nitrogen and oxygen atoms in total. The summed E-state index contributed by atoms with van der Waals surface area (Å²) in [6.07, 6.45) is 1.01. The lowest BCUT2D eigenvalue weighted by molar-refractivity contribution is -0.139. The molecule has 0 aliphatic rings. The molecule has 0 amide bonds. The highest BCUT2D eigenvalue weighted by Crippen LogP contribution is 2.23. The predicted molar refractivity (Wildman–Crippen MR) is 96.2 cm³/mol. The van der Waals surface area contributed by atoms with E-state index in [9.17, 15) is 19.5 Å². The van der Waals surface area contributed by atoms with Crippen LogP contribution in [-0.4, -0.2) is 36.2 Å². The number of hydrogen-bond donors (Lipinski definition) is 1. The van der Waals surface area contributed by atoms with Gasteiger partial charge in [-0.15, -0.1) is 0 Å². The second-order valence-corrected chi connectivity index (χ2v) is 5.77. The van der Waals surface area contributed by atoms with Crippen molar-refractivity contribution < 1.29 is 29.0 Å². The Balaban J connectivity index is 1.99. The average molecular weight is 356 g/mol. The van der Waals surface area contributed by atoms with Gasteiger partial charge in [-0.25, -0.2) is 14.4 Å². The first-order valence-electron chi connectivity index (χ1n) is 8.16. The van der Waals surface area contributed by atoms with Crippen molar-refractivity contribution >= 4 is 28.7 Å². The van der Waals surface area contributed by atoms with Crippen LogP contribution in [0.3, 0.4) is 0 Å². The summed E-state index contributed by atoms with van der Waals surface area (Å²) >= 11 is 0. The number of carboxylic acid groups (broad SMARTS) is 1. The lowest BCUT2D eigenvalue weighted by atomic mass is 9.99. The zero-order chi connectivity index (χ0) is 19.1. The Morgan fingerprint density at radius 1 is 1.00 bits per heavy atom. The fraction of sp³-hybridized carbons (Fsp3) is 0.250. The number of benzene rings is 2. The zero-order valence-corrected chi connectivity index (χ0v) is 14.5. The summed E-state index contributed by atoms with van der Waals surface area (Å²) in [5.41, 5.74) is 0.280. The van der Waals surface area contributed by atoms with Crippen molar-refractivity contribution in [2.45, 2.75) is 19.8 Å². The van der Waals surface area contributed by atoms with E-state index in [-0.39, 0.29) is 24.3 Å². The third-order valence-electron chi connectivity index (χ3n) is 3.72. The van der Waals surface area contributed by atoms with Gasteiger partial charge in [0.05, 0.1) is 24.3 Å². The highest BCUT2D eigenvalue weighted by Gasteiger charge is 2.20. The Kier molecular flexibility index (Phi) is 6.49. The van der Waals surface area contributed by atoms with Crippen LogP contribution in [0.25, 0.3) is 10.8 Å². The summed E-state index contributed by atoms with van der Waals surface area (Å²) in [6, 6.07) is 10.1. The van der Waals surface area contributed by atoms with Crippen LogP contribution in [0.15, 0.2) is 48.6 Å². The summed E-state index contributed by atoms with van der Waals surface area (Å²) in [4.78, 5) is 35.1. The molecule has 2 rings (SSSR count). The van der Waals surface area contributed by atoms with Crippen LogP contribution < -0.4 is 0 Å². The fourth-order valence-electron chi connectivity index (χ4n) is 2.40. The third kappa shape index (κ3) is 4.69. The Morgan fingerprint density at radius 2 is 1.65 bits per heavy atom. The molecule has 1 N–H and O–H groups in total. The van der Waals surface area contributed by atoms with Crippen LogP contribution in [0.4, 0.5) is 0 Å². The molecule has 0 unspecified atom stereocenters. The van der Waals surface area contributed by atoms with E-state index in [1.54, 1.807) is 31.2 Å². The van der Waals surface area contributed by atoms with E-state index >= 15 is 0 Å². The second-order valence-electron chi connectivity index (χ2n) is 5.77. The normalized spacial score (nSPS) is 10.3. The number of carbonyl (C=O) groups is 3. The molecule has 0 radical (unpaired) electrons. The Labute approximate surface area is 151 Å². The molecule has 0 bridgehead atoms.